The molecule has 2 nitrogen and oxygen atoms in total. The number of hydrogen-bond donors (Lipinski definition) is 0. The number of ether oxygens (including phenoxy) is 1. The highest BCUT2D eigenvalue weighted by Gasteiger charge is 2.14. The zero-order chi connectivity index (χ0) is 14.3. The lowest BCUT2D eigenvalue weighted by Gasteiger charge is -2.20. The minimum absolute atomic E-state index is 0.207. The Hall–Kier alpha value is -1.31. The van der Waals surface area contributed by atoms with Gasteiger partial charge in [-0.15, -0.1) is 0 Å². The molecule has 2 heteroatoms. The van der Waals surface area contributed by atoms with Crippen LogP contribution in [0, 0.1) is 5.41 Å². The quantitative estimate of drug-likeness (QED) is 0.538. The van der Waals surface area contributed by atoms with E-state index in [9.17, 15) is 4.79 Å². The van der Waals surface area contributed by atoms with Gasteiger partial charge in [-0.2, -0.15) is 0 Å². The molecule has 0 aliphatic heterocycles. The van der Waals surface area contributed by atoms with Gasteiger partial charge in [0.05, 0.1) is 0 Å². The van der Waals surface area contributed by atoms with E-state index in [0.29, 0.717) is 6.61 Å². The molecular weight excluding hydrogens is 236 g/mol. The highest BCUT2D eigenvalue weighted by Crippen LogP contribution is 2.28. The van der Waals surface area contributed by atoms with Crippen LogP contribution in [0.5, 0.6) is 0 Å². The number of hydrogen-bond acceptors (Lipinski definition) is 2. The molecule has 0 N–H and O–H groups in total. The molecule has 0 fully saturated rings. The molecule has 0 saturated heterocycles. The fourth-order valence-electron chi connectivity index (χ4n) is 2.17. The van der Waals surface area contributed by atoms with E-state index in [0.717, 1.165) is 37.7 Å². The second-order valence-corrected chi connectivity index (χ2v) is 6.02. The standard InChI is InChI=1S/C17H26O2/c1-14-7-5-8-16(13-19-15(2)18)9-6-11-17(3,4)12-10-14/h8,10,12H,1,5-7,9,11,13H2,2-4H3. The summed E-state index contributed by atoms with van der Waals surface area (Å²) in [5.74, 6) is -0.207. The summed E-state index contributed by atoms with van der Waals surface area (Å²) in [6, 6.07) is 0. The van der Waals surface area contributed by atoms with Gasteiger partial charge >= 0.3 is 5.97 Å². The highest BCUT2D eigenvalue weighted by molar-refractivity contribution is 5.66. The first-order valence-electron chi connectivity index (χ1n) is 7.07. The van der Waals surface area contributed by atoms with Crippen LogP contribution in [0.4, 0.5) is 0 Å². The fourth-order valence-corrected chi connectivity index (χ4v) is 2.17. The summed E-state index contributed by atoms with van der Waals surface area (Å²) in [7, 11) is 0. The Kier molecular flexibility index (Phi) is 6.07. The van der Waals surface area contributed by atoms with Gasteiger partial charge in [-0.05, 0) is 43.1 Å². The molecule has 1 rings (SSSR count). The molecule has 0 aromatic heterocycles. The third-order valence-corrected chi connectivity index (χ3v) is 3.45. The second-order valence-electron chi connectivity index (χ2n) is 6.02. The Morgan fingerprint density at radius 3 is 2.84 bits per heavy atom. The minimum atomic E-state index is -0.207. The van der Waals surface area contributed by atoms with Crippen LogP contribution in [-0.2, 0) is 9.53 Å². The lowest BCUT2D eigenvalue weighted by molar-refractivity contribution is -0.140. The molecule has 0 radical (unpaired) electrons. The van der Waals surface area contributed by atoms with Gasteiger partial charge in [-0.3, -0.25) is 4.79 Å². The van der Waals surface area contributed by atoms with Gasteiger partial charge in [0.15, 0.2) is 0 Å². The molecule has 19 heavy (non-hydrogen) atoms. The largest absolute Gasteiger partial charge is 0.461 e. The number of carbonyl (C=O) groups excluding carboxylic acids is 1. The van der Waals surface area contributed by atoms with Crippen molar-refractivity contribution in [3.8, 4) is 0 Å². The number of carbonyl (C=O) groups is 1. The Morgan fingerprint density at radius 2 is 2.16 bits per heavy atom. The maximum Gasteiger partial charge on any atom is 0.302 e. The average Bonchev–Trinajstić information content (AvgIpc) is 2.34. The first-order chi connectivity index (χ1) is 8.89. The molecule has 0 atom stereocenters. The number of esters is 1. The van der Waals surface area contributed by atoms with Crippen molar-refractivity contribution >= 4 is 5.97 Å². The Labute approximate surface area is 117 Å². The first-order valence-corrected chi connectivity index (χ1v) is 7.07. The van der Waals surface area contributed by atoms with Crippen molar-refractivity contribution < 1.29 is 9.53 Å². The van der Waals surface area contributed by atoms with Crippen LogP contribution in [0.1, 0.15) is 52.9 Å². The Bertz CT molecular complexity index is 386. The highest BCUT2D eigenvalue weighted by atomic mass is 16.5. The zero-order valence-corrected chi connectivity index (χ0v) is 12.5. The monoisotopic (exact) mass is 262 g/mol. The molecule has 0 heterocycles. The molecule has 0 saturated carbocycles. The first kappa shape index (κ1) is 15.7. The fraction of sp³-hybridized carbons (Fsp3) is 0.588. The summed E-state index contributed by atoms with van der Waals surface area (Å²) in [6.45, 7) is 10.5. The predicted molar refractivity (Wildman–Crippen MR) is 79.9 cm³/mol. The van der Waals surface area contributed by atoms with E-state index in [1.807, 2.05) is 0 Å². The third-order valence-electron chi connectivity index (χ3n) is 3.45. The maximum atomic E-state index is 10.9. The van der Waals surface area contributed by atoms with Crippen molar-refractivity contribution in [3.05, 3.63) is 36.0 Å². The molecule has 1 aliphatic rings. The summed E-state index contributed by atoms with van der Waals surface area (Å²) in [4.78, 5) is 10.9. The van der Waals surface area contributed by atoms with Crippen molar-refractivity contribution in [2.75, 3.05) is 6.61 Å². The summed E-state index contributed by atoms with van der Waals surface area (Å²) in [5.41, 5.74) is 2.61. The summed E-state index contributed by atoms with van der Waals surface area (Å²) in [5, 5.41) is 0. The van der Waals surface area contributed by atoms with Gasteiger partial charge in [0.2, 0.25) is 0 Å². The lowest BCUT2D eigenvalue weighted by Crippen LogP contribution is -2.08. The minimum Gasteiger partial charge on any atom is -0.461 e. The molecule has 0 bridgehead atoms. The second kappa shape index (κ2) is 7.32. The summed E-state index contributed by atoms with van der Waals surface area (Å²) < 4.78 is 5.11. The van der Waals surface area contributed by atoms with Crippen molar-refractivity contribution in [1.29, 1.82) is 0 Å². The molecule has 106 valence electrons. The number of rotatable bonds is 2. The molecule has 0 amide bonds. The predicted octanol–water partition coefficient (Wildman–Crippen LogP) is 4.58. The smallest absolute Gasteiger partial charge is 0.302 e. The van der Waals surface area contributed by atoms with Gasteiger partial charge in [-0.25, -0.2) is 0 Å². The Morgan fingerprint density at radius 1 is 1.42 bits per heavy atom. The van der Waals surface area contributed by atoms with E-state index in [1.54, 1.807) is 0 Å². The van der Waals surface area contributed by atoms with Crippen molar-refractivity contribution in [2.24, 2.45) is 5.41 Å². The molecule has 0 spiro atoms. The van der Waals surface area contributed by atoms with Gasteiger partial charge in [0.1, 0.15) is 6.61 Å². The van der Waals surface area contributed by atoms with E-state index in [-0.39, 0.29) is 11.4 Å². The van der Waals surface area contributed by atoms with E-state index in [1.165, 1.54) is 12.5 Å². The number of allylic oxidation sites excluding steroid dienone is 4. The third kappa shape index (κ3) is 7.00. The molecule has 0 aromatic rings. The van der Waals surface area contributed by atoms with E-state index < -0.39 is 0 Å². The van der Waals surface area contributed by atoms with Crippen molar-refractivity contribution in [3.63, 3.8) is 0 Å². The zero-order valence-electron chi connectivity index (χ0n) is 12.5. The van der Waals surface area contributed by atoms with Crippen LogP contribution < -0.4 is 0 Å². The van der Waals surface area contributed by atoms with E-state index in [4.69, 9.17) is 4.74 Å². The SMILES string of the molecule is C=C1C=CC(C)(C)CCCC(COC(C)=O)=CCC1. The lowest BCUT2D eigenvalue weighted by atomic mass is 9.86. The van der Waals surface area contributed by atoms with Gasteiger partial charge in [0.25, 0.3) is 0 Å². The van der Waals surface area contributed by atoms with Crippen LogP contribution in [0.25, 0.3) is 0 Å². The van der Waals surface area contributed by atoms with E-state index in [2.05, 4.69) is 38.7 Å². The molecule has 0 aromatic carbocycles. The van der Waals surface area contributed by atoms with Crippen LogP contribution in [-0.4, -0.2) is 12.6 Å². The van der Waals surface area contributed by atoms with Gasteiger partial charge in [0, 0.05) is 6.92 Å². The maximum absolute atomic E-state index is 10.9. The van der Waals surface area contributed by atoms with Crippen molar-refractivity contribution in [1.82, 2.24) is 0 Å². The molecule has 0 unspecified atom stereocenters. The van der Waals surface area contributed by atoms with E-state index >= 15 is 0 Å². The Balaban J connectivity index is 2.67. The van der Waals surface area contributed by atoms with Gasteiger partial charge < -0.3 is 4.74 Å². The van der Waals surface area contributed by atoms with Crippen molar-refractivity contribution in [2.45, 2.75) is 52.9 Å². The summed E-state index contributed by atoms with van der Waals surface area (Å²) >= 11 is 0. The average molecular weight is 262 g/mol. The topological polar surface area (TPSA) is 26.3 Å². The van der Waals surface area contributed by atoms with Crippen LogP contribution in [0.3, 0.4) is 0 Å². The van der Waals surface area contributed by atoms with Crippen LogP contribution in [0.2, 0.25) is 0 Å². The van der Waals surface area contributed by atoms with Crippen LogP contribution >= 0.6 is 0 Å². The normalized spacial score (nSPS) is 20.4. The molecule has 1 aliphatic carbocycles. The molecular formula is C17H26O2. The van der Waals surface area contributed by atoms with Crippen LogP contribution in [0.15, 0.2) is 36.0 Å². The van der Waals surface area contributed by atoms with Gasteiger partial charge in [-0.1, -0.05) is 44.2 Å². The summed E-state index contributed by atoms with van der Waals surface area (Å²) in [6.07, 6.45) is 11.8.